The number of likely N-dealkylation sites (tertiary alicyclic amines) is 1. The third-order valence-electron chi connectivity index (χ3n) is 4.73. The van der Waals surface area contributed by atoms with E-state index in [-0.39, 0.29) is 30.0 Å². The van der Waals surface area contributed by atoms with Crippen molar-refractivity contribution in [1.82, 2.24) is 20.5 Å². The molecule has 2 aromatic rings. The first-order valence-corrected chi connectivity index (χ1v) is 10.3. The summed E-state index contributed by atoms with van der Waals surface area (Å²) in [5, 5.41) is 10.1. The Balaban J connectivity index is 0.00000261. The van der Waals surface area contributed by atoms with Crippen molar-refractivity contribution >= 4 is 41.3 Å². The highest BCUT2D eigenvalue weighted by Crippen LogP contribution is 2.24. The van der Waals surface area contributed by atoms with E-state index in [4.69, 9.17) is 4.42 Å². The summed E-state index contributed by atoms with van der Waals surface area (Å²) in [6, 6.07) is 4.26. The molecule has 0 bridgehead atoms. The van der Waals surface area contributed by atoms with Gasteiger partial charge in [-0.2, -0.15) is 0 Å². The smallest absolute Gasteiger partial charge is 0.191 e. The fourth-order valence-electron chi connectivity index (χ4n) is 3.30. The molecule has 1 saturated heterocycles. The van der Waals surface area contributed by atoms with Gasteiger partial charge in [0.25, 0.3) is 0 Å². The van der Waals surface area contributed by atoms with Gasteiger partial charge < -0.3 is 15.1 Å². The molecule has 1 aliphatic rings. The van der Waals surface area contributed by atoms with E-state index in [1.807, 2.05) is 6.07 Å². The van der Waals surface area contributed by atoms with Gasteiger partial charge in [-0.15, -0.1) is 35.3 Å². The maximum Gasteiger partial charge on any atom is 0.191 e. The lowest BCUT2D eigenvalue weighted by atomic mass is 10.1. The fourth-order valence-corrected chi connectivity index (χ4v) is 4.05. The molecule has 3 heterocycles. The second-order valence-corrected chi connectivity index (χ2v) is 7.46. The molecule has 27 heavy (non-hydrogen) atoms. The Labute approximate surface area is 182 Å². The fraction of sp³-hybridized carbons (Fsp3) is 0.579. The molecule has 0 aromatic carbocycles. The number of halogens is 1. The van der Waals surface area contributed by atoms with Gasteiger partial charge in [-0.25, -0.2) is 4.98 Å². The molecule has 150 valence electrons. The van der Waals surface area contributed by atoms with Gasteiger partial charge in [-0.05, 0) is 44.5 Å². The molecule has 1 fully saturated rings. The minimum Gasteiger partial charge on any atom is -0.468 e. The number of thiazole rings is 1. The van der Waals surface area contributed by atoms with Crippen LogP contribution in [0.15, 0.2) is 33.2 Å². The summed E-state index contributed by atoms with van der Waals surface area (Å²) in [7, 11) is 1.80. The first kappa shape index (κ1) is 22.2. The average Bonchev–Trinajstić information content (AvgIpc) is 3.37. The molecule has 0 radical (unpaired) electrons. The predicted octanol–water partition coefficient (Wildman–Crippen LogP) is 3.81. The van der Waals surface area contributed by atoms with Crippen LogP contribution in [-0.4, -0.2) is 42.5 Å². The normalized spacial score (nSPS) is 16.6. The quantitative estimate of drug-likeness (QED) is 0.342. The standard InChI is InChI=1S/C19H29N5OS.HI/c1-3-18-23-15(14-26-18)12-21-19(20-2)22-13-16(17-8-7-11-25-17)24-9-5-4-6-10-24;/h7-8,11,14,16H,3-6,9-10,12-13H2,1-2H3,(H2,20,21,22);1H. The third kappa shape index (κ3) is 6.46. The number of furan rings is 1. The van der Waals surface area contributed by atoms with E-state index in [1.54, 1.807) is 24.6 Å². The summed E-state index contributed by atoms with van der Waals surface area (Å²) in [6.45, 7) is 5.83. The number of hydrogen-bond acceptors (Lipinski definition) is 5. The van der Waals surface area contributed by atoms with Gasteiger partial charge in [0.2, 0.25) is 0 Å². The Bertz CT molecular complexity index is 682. The number of nitrogens with zero attached hydrogens (tertiary/aromatic N) is 3. The first-order chi connectivity index (χ1) is 12.8. The minimum absolute atomic E-state index is 0. The van der Waals surface area contributed by atoms with E-state index < -0.39 is 0 Å². The van der Waals surface area contributed by atoms with Crippen molar-refractivity contribution < 1.29 is 4.42 Å². The molecular weight excluding hydrogens is 473 g/mol. The number of piperidine rings is 1. The minimum atomic E-state index is 0. The van der Waals surface area contributed by atoms with Crippen LogP contribution in [0.2, 0.25) is 0 Å². The Hall–Kier alpha value is -1.13. The van der Waals surface area contributed by atoms with E-state index in [2.05, 4.69) is 43.9 Å². The van der Waals surface area contributed by atoms with Gasteiger partial charge in [0.05, 0.1) is 29.6 Å². The molecule has 0 spiro atoms. The van der Waals surface area contributed by atoms with Gasteiger partial charge >= 0.3 is 0 Å². The summed E-state index contributed by atoms with van der Waals surface area (Å²) >= 11 is 1.71. The van der Waals surface area contributed by atoms with Gasteiger partial charge in [-0.1, -0.05) is 13.3 Å². The van der Waals surface area contributed by atoms with Crippen molar-refractivity contribution in [1.29, 1.82) is 0 Å². The molecule has 2 aromatic heterocycles. The largest absolute Gasteiger partial charge is 0.468 e. The summed E-state index contributed by atoms with van der Waals surface area (Å²) in [6.07, 6.45) is 6.58. The van der Waals surface area contributed by atoms with Crippen LogP contribution in [0.25, 0.3) is 0 Å². The second kappa shape index (κ2) is 11.7. The number of hydrogen-bond donors (Lipinski definition) is 2. The lowest BCUT2D eigenvalue weighted by molar-refractivity contribution is 0.146. The molecule has 0 aliphatic carbocycles. The molecule has 1 unspecified atom stereocenters. The van der Waals surface area contributed by atoms with E-state index in [0.29, 0.717) is 6.54 Å². The highest BCUT2D eigenvalue weighted by molar-refractivity contribution is 14.0. The van der Waals surface area contributed by atoms with Crippen molar-refractivity contribution in [3.63, 3.8) is 0 Å². The number of nitrogens with one attached hydrogen (secondary N) is 2. The Morgan fingerprint density at radius 2 is 2.15 bits per heavy atom. The number of aryl methyl sites for hydroxylation is 1. The number of aliphatic imine (C=N–C) groups is 1. The summed E-state index contributed by atoms with van der Waals surface area (Å²) in [5.74, 6) is 1.81. The van der Waals surface area contributed by atoms with Gasteiger partial charge in [0.15, 0.2) is 5.96 Å². The van der Waals surface area contributed by atoms with Crippen LogP contribution in [0.1, 0.15) is 48.7 Å². The summed E-state index contributed by atoms with van der Waals surface area (Å²) < 4.78 is 5.71. The van der Waals surface area contributed by atoms with E-state index >= 15 is 0 Å². The maximum absolute atomic E-state index is 5.71. The summed E-state index contributed by atoms with van der Waals surface area (Å²) in [4.78, 5) is 11.5. The highest BCUT2D eigenvalue weighted by Gasteiger charge is 2.24. The molecule has 1 atom stereocenters. The zero-order chi connectivity index (χ0) is 18.2. The van der Waals surface area contributed by atoms with Crippen molar-refractivity contribution in [2.75, 3.05) is 26.7 Å². The van der Waals surface area contributed by atoms with Gasteiger partial charge in [0, 0.05) is 19.0 Å². The van der Waals surface area contributed by atoms with Crippen LogP contribution in [0.4, 0.5) is 0 Å². The van der Waals surface area contributed by atoms with Gasteiger partial charge in [0.1, 0.15) is 5.76 Å². The van der Waals surface area contributed by atoms with Crippen LogP contribution in [0, 0.1) is 0 Å². The topological polar surface area (TPSA) is 65.7 Å². The lowest BCUT2D eigenvalue weighted by Crippen LogP contribution is -2.44. The molecule has 2 N–H and O–H groups in total. The molecule has 6 nitrogen and oxygen atoms in total. The number of guanidine groups is 1. The molecule has 8 heteroatoms. The first-order valence-electron chi connectivity index (χ1n) is 9.45. The molecular formula is C19H30IN5OS. The van der Waals surface area contributed by atoms with Gasteiger partial charge in [-0.3, -0.25) is 9.89 Å². The molecule has 0 amide bonds. The van der Waals surface area contributed by atoms with E-state index in [9.17, 15) is 0 Å². The van der Waals surface area contributed by atoms with Crippen molar-refractivity contribution in [3.8, 4) is 0 Å². The Morgan fingerprint density at radius 3 is 2.78 bits per heavy atom. The SMILES string of the molecule is CCc1nc(CNC(=NC)NCC(c2ccco2)N2CCCCC2)cs1.I. The highest BCUT2D eigenvalue weighted by atomic mass is 127. The Kier molecular flexibility index (Phi) is 9.57. The van der Waals surface area contributed by atoms with Crippen molar-refractivity contribution in [2.45, 2.75) is 45.2 Å². The third-order valence-corrected chi connectivity index (χ3v) is 5.77. The second-order valence-electron chi connectivity index (χ2n) is 6.52. The number of aromatic nitrogens is 1. The predicted molar refractivity (Wildman–Crippen MR) is 122 cm³/mol. The maximum atomic E-state index is 5.71. The van der Waals surface area contributed by atoms with Crippen LogP contribution < -0.4 is 10.6 Å². The van der Waals surface area contributed by atoms with Crippen LogP contribution >= 0.6 is 35.3 Å². The molecule has 3 rings (SSSR count). The number of rotatable bonds is 7. The average molecular weight is 503 g/mol. The lowest BCUT2D eigenvalue weighted by Gasteiger charge is -2.33. The Morgan fingerprint density at radius 1 is 1.33 bits per heavy atom. The van der Waals surface area contributed by atoms with Crippen molar-refractivity contribution in [3.05, 3.63) is 40.2 Å². The molecule has 1 aliphatic heterocycles. The monoisotopic (exact) mass is 503 g/mol. The van der Waals surface area contributed by atoms with Crippen LogP contribution in [0.3, 0.4) is 0 Å². The summed E-state index contributed by atoms with van der Waals surface area (Å²) in [5.41, 5.74) is 1.06. The van der Waals surface area contributed by atoms with Crippen LogP contribution in [-0.2, 0) is 13.0 Å². The molecule has 0 saturated carbocycles. The zero-order valence-corrected chi connectivity index (χ0v) is 19.3. The van der Waals surface area contributed by atoms with E-state index in [1.165, 1.54) is 24.3 Å². The van der Waals surface area contributed by atoms with E-state index in [0.717, 1.165) is 43.5 Å². The zero-order valence-electron chi connectivity index (χ0n) is 16.1. The van der Waals surface area contributed by atoms with Crippen molar-refractivity contribution in [2.24, 2.45) is 4.99 Å². The van der Waals surface area contributed by atoms with Crippen LogP contribution in [0.5, 0.6) is 0 Å².